The number of hydrogen-bond acceptors (Lipinski definition) is 3. The SMILES string of the molecule is CCOC(CC)(CC)c1nc(-c2ccccc2Br)cs1. The average molecular weight is 354 g/mol. The molecule has 0 bridgehead atoms. The second kappa shape index (κ2) is 6.83. The summed E-state index contributed by atoms with van der Waals surface area (Å²) >= 11 is 5.28. The Morgan fingerprint density at radius 1 is 1.20 bits per heavy atom. The monoisotopic (exact) mass is 353 g/mol. The van der Waals surface area contributed by atoms with Crippen LogP contribution in [-0.4, -0.2) is 11.6 Å². The van der Waals surface area contributed by atoms with Gasteiger partial charge in [-0.1, -0.05) is 48.0 Å². The van der Waals surface area contributed by atoms with E-state index in [1.54, 1.807) is 11.3 Å². The van der Waals surface area contributed by atoms with Crippen molar-refractivity contribution in [2.45, 2.75) is 39.2 Å². The highest BCUT2D eigenvalue weighted by Gasteiger charge is 2.32. The maximum absolute atomic E-state index is 6.03. The van der Waals surface area contributed by atoms with Crippen LogP contribution in [0.5, 0.6) is 0 Å². The lowest BCUT2D eigenvalue weighted by molar-refractivity contribution is -0.0505. The molecule has 2 nitrogen and oxygen atoms in total. The van der Waals surface area contributed by atoms with Crippen LogP contribution in [0.4, 0.5) is 0 Å². The topological polar surface area (TPSA) is 22.1 Å². The Morgan fingerprint density at radius 3 is 2.50 bits per heavy atom. The number of halogens is 1. The van der Waals surface area contributed by atoms with Crippen molar-refractivity contribution in [1.82, 2.24) is 4.98 Å². The number of aromatic nitrogens is 1. The lowest BCUT2D eigenvalue weighted by Crippen LogP contribution is -2.28. The van der Waals surface area contributed by atoms with Crippen LogP contribution in [0.2, 0.25) is 0 Å². The minimum atomic E-state index is -0.237. The first-order valence-corrected chi connectivity index (χ1v) is 8.69. The third-order valence-corrected chi connectivity index (χ3v) is 5.33. The second-order valence-corrected chi connectivity index (χ2v) is 6.36. The van der Waals surface area contributed by atoms with Crippen molar-refractivity contribution in [2.24, 2.45) is 0 Å². The van der Waals surface area contributed by atoms with E-state index < -0.39 is 0 Å². The summed E-state index contributed by atoms with van der Waals surface area (Å²) in [6.45, 7) is 7.09. The number of thiazole rings is 1. The molecule has 0 saturated carbocycles. The van der Waals surface area contributed by atoms with Gasteiger partial charge in [0.05, 0.1) is 5.69 Å². The lowest BCUT2D eigenvalue weighted by Gasteiger charge is -2.29. The molecule has 0 unspecified atom stereocenters. The number of rotatable bonds is 6. The molecule has 0 aliphatic carbocycles. The summed E-state index contributed by atoms with van der Waals surface area (Å²) in [6, 6.07) is 8.19. The Hall–Kier alpha value is -0.710. The van der Waals surface area contributed by atoms with Gasteiger partial charge in [-0.2, -0.15) is 0 Å². The Balaban J connectivity index is 2.39. The van der Waals surface area contributed by atoms with Crippen molar-refractivity contribution < 1.29 is 4.74 Å². The first-order chi connectivity index (χ1) is 9.66. The fourth-order valence-electron chi connectivity index (χ4n) is 2.37. The Kier molecular flexibility index (Phi) is 5.35. The van der Waals surface area contributed by atoms with E-state index >= 15 is 0 Å². The maximum atomic E-state index is 6.03. The summed E-state index contributed by atoms with van der Waals surface area (Å²) < 4.78 is 7.11. The van der Waals surface area contributed by atoms with Crippen molar-refractivity contribution in [3.63, 3.8) is 0 Å². The number of ether oxygens (including phenoxy) is 1. The zero-order valence-electron chi connectivity index (χ0n) is 12.1. The molecule has 0 fully saturated rings. The van der Waals surface area contributed by atoms with E-state index in [-0.39, 0.29) is 5.60 Å². The van der Waals surface area contributed by atoms with Gasteiger partial charge in [-0.25, -0.2) is 4.98 Å². The van der Waals surface area contributed by atoms with Crippen LogP contribution in [0.25, 0.3) is 11.3 Å². The van der Waals surface area contributed by atoms with E-state index in [9.17, 15) is 0 Å². The van der Waals surface area contributed by atoms with E-state index in [2.05, 4.69) is 41.2 Å². The highest BCUT2D eigenvalue weighted by molar-refractivity contribution is 9.10. The Morgan fingerprint density at radius 2 is 1.90 bits per heavy atom. The fraction of sp³-hybridized carbons (Fsp3) is 0.438. The van der Waals surface area contributed by atoms with Crippen LogP contribution in [0.1, 0.15) is 38.6 Å². The first-order valence-electron chi connectivity index (χ1n) is 7.01. The molecule has 2 aromatic rings. The molecule has 0 radical (unpaired) electrons. The molecule has 1 aromatic heterocycles. The summed E-state index contributed by atoms with van der Waals surface area (Å²) in [4.78, 5) is 4.84. The molecule has 0 saturated heterocycles. The van der Waals surface area contributed by atoms with Crippen molar-refractivity contribution >= 4 is 27.3 Å². The predicted molar refractivity (Wildman–Crippen MR) is 89.1 cm³/mol. The van der Waals surface area contributed by atoms with Gasteiger partial charge in [0, 0.05) is 22.0 Å². The van der Waals surface area contributed by atoms with E-state index in [1.165, 1.54) is 0 Å². The molecule has 0 amide bonds. The normalized spacial score (nSPS) is 11.8. The van der Waals surface area contributed by atoms with E-state index in [0.717, 1.165) is 33.6 Å². The highest BCUT2D eigenvalue weighted by atomic mass is 79.9. The smallest absolute Gasteiger partial charge is 0.125 e. The van der Waals surface area contributed by atoms with E-state index in [0.29, 0.717) is 6.61 Å². The van der Waals surface area contributed by atoms with Gasteiger partial charge in [0.15, 0.2) is 0 Å². The van der Waals surface area contributed by atoms with Crippen LogP contribution in [0.3, 0.4) is 0 Å². The van der Waals surface area contributed by atoms with Gasteiger partial charge < -0.3 is 4.74 Å². The number of hydrogen-bond donors (Lipinski definition) is 0. The summed E-state index contributed by atoms with van der Waals surface area (Å²) in [7, 11) is 0. The van der Waals surface area contributed by atoms with Gasteiger partial charge in [-0.3, -0.25) is 0 Å². The molecule has 0 spiro atoms. The quantitative estimate of drug-likeness (QED) is 0.671. The molecular formula is C16H20BrNOS. The fourth-order valence-corrected chi connectivity index (χ4v) is 3.97. The van der Waals surface area contributed by atoms with Crippen molar-refractivity contribution in [2.75, 3.05) is 6.61 Å². The first kappa shape index (κ1) is 15.7. The maximum Gasteiger partial charge on any atom is 0.125 e. The molecule has 0 N–H and O–H groups in total. The van der Waals surface area contributed by atoms with Gasteiger partial charge in [-0.15, -0.1) is 11.3 Å². The van der Waals surface area contributed by atoms with Crippen molar-refractivity contribution in [1.29, 1.82) is 0 Å². The average Bonchev–Trinajstić information content (AvgIpc) is 2.95. The Bertz CT molecular complexity index is 563. The third kappa shape index (κ3) is 2.97. The van der Waals surface area contributed by atoms with Crippen LogP contribution >= 0.6 is 27.3 Å². The zero-order chi connectivity index (χ0) is 14.6. The standard InChI is InChI=1S/C16H20BrNOS/c1-4-16(5-2,19-6-3)15-18-14(11-20-15)12-9-7-8-10-13(12)17/h7-11H,4-6H2,1-3H3. The molecule has 108 valence electrons. The van der Waals surface area contributed by atoms with Crippen LogP contribution < -0.4 is 0 Å². The Labute approximate surface area is 133 Å². The van der Waals surface area contributed by atoms with Gasteiger partial charge in [0.1, 0.15) is 10.6 Å². The number of benzene rings is 1. The van der Waals surface area contributed by atoms with Gasteiger partial charge in [0.25, 0.3) is 0 Å². The molecule has 0 atom stereocenters. The minimum absolute atomic E-state index is 0.237. The van der Waals surface area contributed by atoms with Gasteiger partial charge in [-0.05, 0) is 25.8 Å². The zero-order valence-corrected chi connectivity index (χ0v) is 14.6. The minimum Gasteiger partial charge on any atom is -0.368 e. The molecule has 1 aromatic carbocycles. The van der Waals surface area contributed by atoms with Gasteiger partial charge in [0.2, 0.25) is 0 Å². The van der Waals surface area contributed by atoms with Crippen LogP contribution in [0.15, 0.2) is 34.1 Å². The largest absolute Gasteiger partial charge is 0.368 e. The highest BCUT2D eigenvalue weighted by Crippen LogP contribution is 2.38. The van der Waals surface area contributed by atoms with E-state index in [1.807, 2.05) is 25.1 Å². The molecule has 0 aliphatic heterocycles. The molecular weight excluding hydrogens is 334 g/mol. The molecule has 0 aliphatic rings. The van der Waals surface area contributed by atoms with Crippen LogP contribution in [-0.2, 0) is 10.3 Å². The summed E-state index contributed by atoms with van der Waals surface area (Å²) in [5, 5.41) is 3.20. The number of nitrogens with zero attached hydrogens (tertiary/aromatic N) is 1. The predicted octanol–water partition coefficient (Wildman–Crippen LogP) is 5.62. The van der Waals surface area contributed by atoms with Gasteiger partial charge >= 0.3 is 0 Å². The summed E-state index contributed by atoms with van der Waals surface area (Å²) in [5.41, 5.74) is 1.91. The van der Waals surface area contributed by atoms with E-state index in [4.69, 9.17) is 9.72 Å². The molecule has 2 rings (SSSR count). The van der Waals surface area contributed by atoms with Crippen molar-refractivity contribution in [3.05, 3.63) is 39.1 Å². The molecule has 1 heterocycles. The second-order valence-electron chi connectivity index (χ2n) is 4.65. The third-order valence-electron chi connectivity index (χ3n) is 3.61. The summed E-state index contributed by atoms with van der Waals surface area (Å²) in [6.07, 6.45) is 1.89. The van der Waals surface area contributed by atoms with Crippen LogP contribution in [0, 0.1) is 0 Å². The molecule has 4 heteroatoms. The van der Waals surface area contributed by atoms with Crippen molar-refractivity contribution in [3.8, 4) is 11.3 Å². The lowest BCUT2D eigenvalue weighted by atomic mass is 9.98. The molecule has 20 heavy (non-hydrogen) atoms. The summed E-state index contributed by atoms with van der Waals surface area (Å²) in [5.74, 6) is 0.